The fraction of sp³-hybridized carbons (Fsp3) is 0.375. The van der Waals surface area contributed by atoms with Crippen molar-refractivity contribution in [1.82, 2.24) is 0 Å². The molecule has 1 aliphatic heterocycles. The topological polar surface area (TPSA) is 75.7 Å². The van der Waals surface area contributed by atoms with E-state index in [-0.39, 0.29) is 16.6 Å². The van der Waals surface area contributed by atoms with E-state index in [0.29, 0.717) is 19.4 Å². The van der Waals surface area contributed by atoms with Gasteiger partial charge in [-0.15, -0.1) is 0 Å². The molecule has 1 N–H and O–H groups in total. The minimum absolute atomic E-state index is 0.0495. The number of amides is 2. The summed E-state index contributed by atoms with van der Waals surface area (Å²) >= 11 is 5.91. The Labute approximate surface area is 190 Å². The number of para-hydroxylation sites is 1. The number of carbonyl (C=O) groups excluding carboxylic acids is 3. The molecule has 1 fully saturated rings. The van der Waals surface area contributed by atoms with E-state index >= 15 is 0 Å². The number of hydrogen-bond donors (Lipinski definition) is 1. The lowest BCUT2D eigenvalue weighted by atomic mass is 9.78. The first-order valence-corrected chi connectivity index (χ1v) is 11.1. The number of fused-ring (bicyclic) bond motifs is 1. The van der Waals surface area contributed by atoms with Crippen molar-refractivity contribution in [3.05, 3.63) is 58.9 Å². The highest BCUT2D eigenvalue weighted by Gasteiger charge is 2.40. The van der Waals surface area contributed by atoms with Gasteiger partial charge >= 0.3 is 5.97 Å². The number of carbonyl (C=O) groups is 3. The molecule has 2 amide bonds. The summed E-state index contributed by atoms with van der Waals surface area (Å²) in [6.07, 6.45) is 3.68. The first-order chi connectivity index (χ1) is 15.4. The normalized spacial score (nSPS) is 19.9. The van der Waals surface area contributed by atoms with E-state index in [1.807, 2.05) is 24.3 Å². The molecule has 0 bridgehead atoms. The maximum absolute atomic E-state index is 13.3. The Morgan fingerprint density at radius 1 is 1.09 bits per heavy atom. The van der Waals surface area contributed by atoms with E-state index < -0.39 is 36.1 Å². The predicted molar refractivity (Wildman–Crippen MR) is 119 cm³/mol. The Hall–Kier alpha value is -2.93. The molecule has 2 unspecified atom stereocenters. The summed E-state index contributed by atoms with van der Waals surface area (Å²) in [6, 6.07) is 11.4. The minimum atomic E-state index is -0.584. The number of nitrogens with one attached hydrogen (secondary N) is 1. The summed E-state index contributed by atoms with van der Waals surface area (Å²) in [7, 11) is 0. The zero-order valence-corrected chi connectivity index (χ0v) is 18.2. The second kappa shape index (κ2) is 9.69. The Morgan fingerprint density at radius 2 is 1.84 bits per heavy atom. The fourth-order valence-corrected chi connectivity index (χ4v) is 4.71. The molecule has 1 aliphatic carbocycles. The van der Waals surface area contributed by atoms with Crippen LogP contribution in [0.15, 0.2) is 42.5 Å². The van der Waals surface area contributed by atoms with Crippen LogP contribution in [0.25, 0.3) is 0 Å². The third-order valence-electron chi connectivity index (χ3n) is 6.09. The van der Waals surface area contributed by atoms with Gasteiger partial charge in [-0.3, -0.25) is 14.4 Å². The molecule has 0 aromatic heterocycles. The maximum atomic E-state index is 13.3. The Balaban J connectivity index is 1.37. The van der Waals surface area contributed by atoms with Crippen LogP contribution < -0.4 is 10.2 Å². The van der Waals surface area contributed by atoms with Gasteiger partial charge in [-0.05, 0) is 49.1 Å². The number of ether oxygens (including phenoxy) is 1. The largest absolute Gasteiger partial charge is 0.455 e. The molecule has 8 heteroatoms. The number of hydrogen-bond acceptors (Lipinski definition) is 4. The van der Waals surface area contributed by atoms with E-state index in [1.54, 1.807) is 4.90 Å². The Bertz CT molecular complexity index is 1040. The van der Waals surface area contributed by atoms with Gasteiger partial charge in [0.25, 0.3) is 5.91 Å². The highest BCUT2D eigenvalue weighted by atomic mass is 35.5. The molecule has 2 atom stereocenters. The highest BCUT2D eigenvalue weighted by molar-refractivity contribution is 6.33. The standard InChI is InChI=1S/C24H24ClFN2O4/c25-19-13-16(26)9-10-20(19)27-22(29)14-32-24(31)18-7-3-2-6-17(18)23(30)28-12-11-15-5-1-4-8-21(15)28/h1,4-5,8-10,13,17-18H,2-3,6-7,11-12,14H2,(H,27,29). The summed E-state index contributed by atoms with van der Waals surface area (Å²) in [6.45, 7) is 0.105. The van der Waals surface area contributed by atoms with Crippen LogP contribution in [-0.2, 0) is 25.5 Å². The summed E-state index contributed by atoms with van der Waals surface area (Å²) in [5.74, 6) is -2.75. The molecule has 1 saturated carbocycles. The van der Waals surface area contributed by atoms with E-state index in [1.165, 1.54) is 12.1 Å². The van der Waals surface area contributed by atoms with Gasteiger partial charge in [-0.25, -0.2) is 4.39 Å². The average Bonchev–Trinajstić information content (AvgIpc) is 3.23. The Morgan fingerprint density at radius 3 is 2.62 bits per heavy atom. The number of halogens is 2. The maximum Gasteiger partial charge on any atom is 0.310 e. The first-order valence-electron chi connectivity index (χ1n) is 10.7. The molecule has 2 aromatic carbocycles. The van der Waals surface area contributed by atoms with Gasteiger partial charge in [-0.1, -0.05) is 42.6 Å². The van der Waals surface area contributed by atoms with Crippen LogP contribution in [0, 0.1) is 17.7 Å². The highest BCUT2D eigenvalue weighted by Crippen LogP contribution is 2.36. The molecular formula is C24H24ClFN2O4. The van der Waals surface area contributed by atoms with Crippen LogP contribution >= 0.6 is 11.6 Å². The van der Waals surface area contributed by atoms with Crippen LogP contribution in [0.3, 0.4) is 0 Å². The third-order valence-corrected chi connectivity index (χ3v) is 6.40. The molecule has 0 spiro atoms. The summed E-state index contributed by atoms with van der Waals surface area (Å²) in [4.78, 5) is 40.1. The second-order valence-electron chi connectivity index (χ2n) is 8.15. The van der Waals surface area contributed by atoms with Gasteiger partial charge < -0.3 is 15.0 Å². The van der Waals surface area contributed by atoms with Crippen molar-refractivity contribution >= 4 is 40.8 Å². The van der Waals surface area contributed by atoms with Crippen LogP contribution in [0.5, 0.6) is 0 Å². The second-order valence-corrected chi connectivity index (χ2v) is 8.55. The van der Waals surface area contributed by atoms with Crippen LogP contribution in [0.1, 0.15) is 31.2 Å². The van der Waals surface area contributed by atoms with Gasteiger partial charge in [0.2, 0.25) is 5.91 Å². The summed E-state index contributed by atoms with van der Waals surface area (Å²) < 4.78 is 18.4. The van der Waals surface area contributed by atoms with Crippen molar-refractivity contribution in [2.45, 2.75) is 32.1 Å². The van der Waals surface area contributed by atoms with Gasteiger partial charge in [-0.2, -0.15) is 0 Å². The first kappa shape index (κ1) is 22.3. The zero-order valence-electron chi connectivity index (χ0n) is 17.5. The molecule has 6 nitrogen and oxygen atoms in total. The summed E-state index contributed by atoms with van der Waals surface area (Å²) in [5, 5.41) is 2.55. The number of nitrogens with zero attached hydrogens (tertiary/aromatic N) is 1. The van der Waals surface area contributed by atoms with Crippen molar-refractivity contribution in [3.8, 4) is 0 Å². The van der Waals surface area contributed by atoms with Crippen molar-refractivity contribution in [3.63, 3.8) is 0 Å². The zero-order chi connectivity index (χ0) is 22.7. The average molecular weight is 459 g/mol. The molecule has 2 aliphatic rings. The van der Waals surface area contributed by atoms with Gasteiger partial charge in [0.05, 0.1) is 22.5 Å². The van der Waals surface area contributed by atoms with Crippen LogP contribution in [0.4, 0.5) is 15.8 Å². The van der Waals surface area contributed by atoms with E-state index in [2.05, 4.69) is 5.32 Å². The smallest absolute Gasteiger partial charge is 0.310 e. The lowest BCUT2D eigenvalue weighted by Crippen LogP contribution is -2.42. The molecule has 0 saturated heterocycles. The van der Waals surface area contributed by atoms with Crippen molar-refractivity contribution in [2.75, 3.05) is 23.4 Å². The summed E-state index contributed by atoms with van der Waals surface area (Å²) in [5.41, 5.74) is 2.27. The Kier molecular flexibility index (Phi) is 6.74. The number of anilines is 2. The van der Waals surface area contributed by atoms with Gasteiger partial charge in [0.1, 0.15) is 5.82 Å². The third kappa shape index (κ3) is 4.78. The quantitative estimate of drug-likeness (QED) is 0.675. The van der Waals surface area contributed by atoms with E-state index in [4.69, 9.17) is 16.3 Å². The molecule has 32 heavy (non-hydrogen) atoms. The van der Waals surface area contributed by atoms with Crippen molar-refractivity contribution in [1.29, 1.82) is 0 Å². The number of esters is 1. The molecule has 1 heterocycles. The van der Waals surface area contributed by atoms with Gasteiger partial charge in [0.15, 0.2) is 6.61 Å². The monoisotopic (exact) mass is 458 g/mol. The lowest BCUT2D eigenvalue weighted by molar-refractivity contribution is -0.156. The molecular weight excluding hydrogens is 435 g/mol. The SMILES string of the molecule is O=C(COC(=O)C1CCCCC1C(=O)N1CCc2ccccc21)Nc1ccc(F)cc1Cl. The molecule has 2 aromatic rings. The van der Waals surface area contributed by atoms with Crippen molar-refractivity contribution < 1.29 is 23.5 Å². The van der Waals surface area contributed by atoms with Crippen LogP contribution in [-0.4, -0.2) is 30.9 Å². The molecule has 0 radical (unpaired) electrons. The van der Waals surface area contributed by atoms with Crippen molar-refractivity contribution in [2.24, 2.45) is 11.8 Å². The number of rotatable bonds is 5. The predicted octanol–water partition coefficient (Wildman–Crippen LogP) is 4.36. The molecule has 168 valence electrons. The number of benzene rings is 2. The molecule has 4 rings (SSSR count). The van der Waals surface area contributed by atoms with Gasteiger partial charge in [0, 0.05) is 12.2 Å². The van der Waals surface area contributed by atoms with Crippen LogP contribution in [0.2, 0.25) is 5.02 Å². The van der Waals surface area contributed by atoms with E-state index in [9.17, 15) is 18.8 Å². The van der Waals surface area contributed by atoms with E-state index in [0.717, 1.165) is 36.6 Å². The lowest BCUT2D eigenvalue weighted by Gasteiger charge is -2.32. The minimum Gasteiger partial charge on any atom is -0.455 e. The fourth-order valence-electron chi connectivity index (χ4n) is 4.50.